The van der Waals surface area contributed by atoms with Gasteiger partial charge in [-0.2, -0.15) is 0 Å². The van der Waals surface area contributed by atoms with Crippen molar-refractivity contribution in [1.82, 2.24) is 5.32 Å². The highest BCUT2D eigenvalue weighted by atomic mass is 16.4. The molecule has 0 aromatic heterocycles. The summed E-state index contributed by atoms with van der Waals surface area (Å²) in [5.74, 6) is -1.37. The molecule has 2 atom stereocenters. The van der Waals surface area contributed by atoms with Gasteiger partial charge in [-0.15, -0.1) is 0 Å². The summed E-state index contributed by atoms with van der Waals surface area (Å²) in [4.78, 5) is 35.0. The zero-order chi connectivity index (χ0) is 20.4. The number of amides is 2. The lowest BCUT2D eigenvalue weighted by Gasteiger charge is -2.26. The monoisotopic (exact) mass is 392 g/mol. The summed E-state index contributed by atoms with van der Waals surface area (Å²) in [5.41, 5.74) is 4.18. The number of fused-ring (bicyclic) bond motifs is 2. The summed E-state index contributed by atoms with van der Waals surface area (Å²) in [6.45, 7) is -0.390. The third kappa shape index (κ3) is 4.01. The molecular formula is C23H24N2O4. The molecule has 0 saturated heterocycles. The molecule has 3 N–H and O–H groups in total. The molecule has 150 valence electrons. The van der Waals surface area contributed by atoms with Gasteiger partial charge in [-0.1, -0.05) is 36.4 Å². The molecule has 0 aliphatic heterocycles. The van der Waals surface area contributed by atoms with Crippen molar-refractivity contribution in [3.63, 3.8) is 0 Å². The van der Waals surface area contributed by atoms with Crippen molar-refractivity contribution >= 4 is 23.5 Å². The van der Waals surface area contributed by atoms with Crippen LogP contribution in [0.25, 0.3) is 0 Å². The number of nitrogens with one attached hydrogen (secondary N) is 2. The molecule has 2 aromatic rings. The number of rotatable bonds is 6. The molecule has 0 heterocycles. The molecule has 4 rings (SSSR count). The first-order chi connectivity index (χ1) is 14.0. The van der Waals surface area contributed by atoms with Gasteiger partial charge in [0.25, 0.3) is 0 Å². The predicted octanol–water partition coefficient (Wildman–Crippen LogP) is 2.66. The van der Waals surface area contributed by atoms with E-state index in [1.807, 2.05) is 0 Å². The van der Waals surface area contributed by atoms with E-state index in [0.717, 1.165) is 31.2 Å². The molecule has 2 amide bonds. The van der Waals surface area contributed by atoms with Gasteiger partial charge in [0.2, 0.25) is 11.8 Å². The van der Waals surface area contributed by atoms with E-state index < -0.39 is 5.97 Å². The van der Waals surface area contributed by atoms with E-state index in [-0.39, 0.29) is 36.1 Å². The lowest BCUT2D eigenvalue weighted by atomic mass is 9.78. The molecular weight excluding hydrogens is 368 g/mol. The number of carbonyl (C=O) groups excluding carboxylic acids is 2. The average molecular weight is 392 g/mol. The van der Waals surface area contributed by atoms with Gasteiger partial charge in [0.15, 0.2) is 0 Å². The zero-order valence-electron chi connectivity index (χ0n) is 16.1. The van der Waals surface area contributed by atoms with Crippen LogP contribution in [-0.2, 0) is 32.6 Å². The highest BCUT2D eigenvalue weighted by Crippen LogP contribution is 2.60. The first-order valence-corrected chi connectivity index (χ1v) is 9.95. The minimum Gasteiger partial charge on any atom is -0.480 e. The average Bonchev–Trinajstić information content (AvgIpc) is 3.43. The standard InChI is InChI=1S/C23H24N2O4/c26-20(24-14-21(27)28)12-15-7-9-17(10-8-15)25-22(29)19-13-23(19)11-3-5-16-4-1-2-6-18(16)23/h1-2,4,6-10,19H,3,5,11-14H2,(H,24,26)(H,25,29)(H,27,28). The molecule has 2 unspecified atom stereocenters. The fraction of sp³-hybridized carbons (Fsp3) is 0.348. The lowest BCUT2D eigenvalue weighted by molar-refractivity contribution is -0.137. The van der Waals surface area contributed by atoms with Crippen molar-refractivity contribution in [3.05, 3.63) is 65.2 Å². The molecule has 29 heavy (non-hydrogen) atoms. The van der Waals surface area contributed by atoms with Crippen LogP contribution in [0.15, 0.2) is 48.5 Å². The number of anilines is 1. The van der Waals surface area contributed by atoms with Crippen LogP contribution in [0.4, 0.5) is 5.69 Å². The molecule has 2 aliphatic rings. The molecule has 6 heteroatoms. The van der Waals surface area contributed by atoms with Gasteiger partial charge in [0, 0.05) is 17.0 Å². The minimum atomic E-state index is -1.07. The molecule has 1 spiro atoms. The van der Waals surface area contributed by atoms with Crippen molar-refractivity contribution in [1.29, 1.82) is 0 Å². The van der Waals surface area contributed by atoms with Gasteiger partial charge in [0.05, 0.1) is 6.42 Å². The predicted molar refractivity (Wildman–Crippen MR) is 109 cm³/mol. The van der Waals surface area contributed by atoms with E-state index in [9.17, 15) is 14.4 Å². The molecule has 6 nitrogen and oxygen atoms in total. The molecule has 0 bridgehead atoms. The number of carboxylic acid groups (broad SMARTS) is 1. The van der Waals surface area contributed by atoms with Gasteiger partial charge in [-0.3, -0.25) is 14.4 Å². The van der Waals surface area contributed by atoms with Crippen LogP contribution in [0.5, 0.6) is 0 Å². The van der Waals surface area contributed by atoms with Crippen LogP contribution in [0.3, 0.4) is 0 Å². The third-order valence-corrected chi connectivity index (χ3v) is 6.04. The molecule has 0 radical (unpaired) electrons. The van der Waals surface area contributed by atoms with Crippen LogP contribution < -0.4 is 10.6 Å². The van der Waals surface area contributed by atoms with E-state index in [4.69, 9.17) is 5.11 Å². The second kappa shape index (κ2) is 7.70. The molecule has 2 aromatic carbocycles. The number of hydrogen-bond acceptors (Lipinski definition) is 3. The van der Waals surface area contributed by atoms with E-state index in [1.54, 1.807) is 24.3 Å². The van der Waals surface area contributed by atoms with Crippen molar-refractivity contribution in [2.75, 3.05) is 11.9 Å². The molecule has 1 saturated carbocycles. The Bertz CT molecular complexity index is 954. The Hall–Kier alpha value is -3.15. The Morgan fingerprint density at radius 2 is 1.83 bits per heavy atom. The normalized spacial score (nSPS) is 21.9. The summed E-state index contributed by atoms with van der Waals surface area (Å²) in [5, 5.41) is 13.9. The van der Waals surface area contributed by atoms with Crippen molar-refractivity contribution in [2.24, 2.45) is 5.92 Å². The maximum atomic E-state index is 12.8. The van der Waals surface area contributed by atoms with Gasteiger partial charge in [-0.25, -0.2) is 0 Å². The number of aliphatic carboxylic acids is 1. The van der Waals surface area contributed by atoms with Gasteiger partial charge in [0.1, 0.15) is 6.54 Å². The highest BCUT2D eigenvalue weighted by Gasteiger charge is 2.60. The summed E-state index contributed by atoms with van der Waals surface area (Å²) < 4.78 is 0. The quantitative estimate of drug-likeness (QED) is 0.704. The Morgan fingerprint density at radius 1 is 1.07 bits per heavy atom. The second-order valence-corrected chi connectivity index (χ2v) is 7.96. The first kappa shape index (κ1) is 19.2. The number of aryl methyl sites for hydroxylation is 1. The minimum absolute atomic E-state index is 0.00109. The fourth-order valence-electron chi connectivity index (χ4n) is 4.53. The van der Waals surface area contributed by atoms with Crippen molar-refractivity contribution in [2.45, 2.75) is 37.5 Å². The third-order valence-electron chi connectivity index (χ3n) is 6.04. The largest absolute Gasteiger partial charge is 0.480 e. The van der Waals surface area contributed by atoms with Crippen LogP contribution in [0, 0.1) is 5.92 Å². The smallest absolute Gasteiger partial charge is 0.322 e. The Balaban J connectivity index is 1.36. The topological polar surface area (TPSA) is 95.5 Å². The maximum absolute atomic E-state index is 12.8. The van der Waals surface area contributed by atoms with Gasteiger partial charge in [-0.05, 0) is 54.5 Å². The Labute approximate surface area is 169 Å². The van der Waals surface area contributed by atoms with Crippen molar-refractivity contribution in [3.8, 4) is 0 Å². The number of benzene rings is 2. The fourth-order valence-corrected chi connectivity index (χ4v) is 4.53. The van der Waals surface area contributed by atoms with Crippen molar-refractivity contribution < 1.29 is 19.5 Å². The Kier molecular flexibility index (Phi) is 5.09. The Morgan fingerprint density at radius 3 is 2.59 bits per heavy atom. The van der Waals surface area contributed by atoms with Gasteiger partial charge >= 0.3 is 5.97 Å². The van der Waals surface area contributed by atoms with E-state index in [1.165, 1.54) is 11.1 Å². The first-order valence-electron chi connectivity index (χ1n) is 9.95. The second-order valence-electron chi connectivity index (χ2n) is 7.96. The summed E-state index contributed by atoms with van der Waals surface area (Å²) in [6, 6.07) is 15.6. The highest BCUT2D eigenvalue weighted by molar-refractivity contribution is 5.96. The number of hydrogen-bond donors (Lipinski definition) is 3. The maximum Gasteiger partial charge on any atom is 0.322 e. The van der Waals surface area contributed by atoms with E-state index >= 15 is 0 Å². The van der Waals surface area contributed by atoms with Crippen LogP contribution in [0.2, 0.25) is 0 Å². The molecule has 2 aliphatic carbocycles. The SMILES string of the molecule is O=C(O)CNC(=O)Cc1ccc(NC(=O)C2CC23CCCc2ccccc23)cc1. The van der Waals surface area contributed by atoms with Crippen LogP contribution >= 0.6 is 0 Å². The summed E-state index contributed by atoms with van der Waals surface area (Å²) in [7, 11) is 0. The van der Waals surface area contributed by atoms with Crippen LogP contribution in [-0.4, -0.2) is 29.4 Å². The van der Waals surface area contributed by atoms with E-state index in [0.29, 0.717) is 5.69 Å². The zero-order valence-corrected chi connectivity index (χ0v) is 16.1. The number of carboxylic acids is 1. The van der Waals surface area contributed by atoms with Crippen LogP contribution in [0.1, 0.15) is 36.0 Å². The van der Waals surface area contributed by atoms with Gasteiger partial charge < -0.3 is 15.7 Å². The summed E-state index contributed by atoms with van der Waals surface area (Å²) >= 11 is 0. The molecule has 1 fully saturated rings. The van der Waals surface area contributed by atoms with E-state index in [2.05, 4.69) is 34.9 Å². The summed E-state index contributed by atoms with van der Waals surface area (Å²) in [6.07, 6.45) is 4.28. The number of carbonyl (C=O) groups is 3. The lowest BCUT2D eigenvalue weighted by Crippen LogP contribution is -2.30.